The number of likely N-dealkylation sites (tertiary alicyclic amines) is 1. The Balaban J connectivity index is 1.77. The highest BCUT2D eigenvalue weighted by atomic mass is 127. The second kappa shape index (κ2) is 6.52. The number of halogens is 1. The van der Waals surface area contributed by atoms with Gasteiger partial charge in [0.05, 0.1) is 15.3 Å². The zero-order chi connectivity index (χ0) is 15.5. The van der Waals surface area contributed by atoms with Crippen LogP contribution in [0.2, 0.25) is 0 Å². The average Bonchev–Trinajstić information content (AvgIpc) is 2.99. The van der Waals surface area contributed by atoms with E-state index in [9.17, 15) is 4.79 Å². The van der Waals surface area contributed by atoms with E-state index in [1.54, 1.807) is 4.90 Å². The lowest BCUT2D eigenvalue weighted by Crippen LogP contribution is -2.45. The summed E-state index contributed by atoms with van der Waals surface area (Å²) in [5.74, 6) is -0.0785. The number of rotatable bonds is 3. The van der Waals surface area contributed by atoms with Crippen LogP contribution in [0, 0.1) is 14.9 Å². The Labute approximate surface area is 142 Å². The van der Waals surface area contributed by atoms with Crippen LogP contribution < -0.4 is 5.32 Å². The molecule has 0 bridgehead atoms. The quantitative estimate of drug-likeness (QED) is 0.763. The van der Waals surface area contributed by atoms with Gasteiger partial charge in [0.1, 0.15) is 12.1 Å². The van der Waals surface area contributed by atoms with Gasteiger partial charge in [-0.25, -0.2) is 4.98 Å². The number of hydrogen-bond donors (Lipinski definition) is 2. The van der Waals surface area contributed by atoms with Gasteiger partial charge in [-0.15, -0.1) is 0 Å². The number of amides is 1. The van der Waals surface area contributed by atoms with Crippen molar-refractivity contribution in [3.8, 4) is 6.07 Å². The largest absolute Gasteiger partial charge is 0.379 e. The molecule has 22 heavy (non-hydrogen) atoms. The molecule has 0 unspecified atom stereocenters. The summed E-state index contributed by atoms with van der Waals surface area (Å²) in [4.78, 5) is 21.1. The molecular formula is C15H16IN5O. The van der Waals surface area contributed by atoms with Gasteiger partial charge >= 0.3 is 0 Å². The molecule has 3 heterocycles. The van der Waals surface area contributed by atoms with Crippen molar-refractivity contribution >= 4 is 45.2 Å². The maximum absolute atomic E-state index is 11.9. The molecule has 0 saturated carbocycles. The van der Waals surface area contributed by atoms with E-state index >= 15 is 0 Å². The first kappa shape index (κ1) is 15.1. The van der Waals surface area contributed by atoms with E-state index in [4.69, 9.17) is 5.26 Å². The standard InChI is InChI=1S/C15H16IN5O/c16-12-8-19-15-11(4-6-18-15)14(12)20-10-2-1-7-21(9-10)13(22)3-5-17/h4,6,8,10H,1-3,7,9H2,(H2,18,19,20)/t10-/m1/s1. The maximum atomic E-state index is 11.9. The predicted octanol–water partition coefficient (Wildman–Crippen LogP) is 2.48. The second-order valence-electron chi connectivity index (χ2n) is 5.38. The molecular weight excluding hydrogens is 393 g/mol. The summed E-state index contributed by atoms with van der Waals surface area (Å²) >= 11 is 2.27. The minimum Gasteiger partial charge on any atom is -0.379 e. The van der Waals surface area contributed by atoms with E-state index < -0.39 is 0 Å². The number of nitrogens with one attached hydrogen (secondary N) is 2. The number of pyridine rings is 1. The highest BCUT2D eigenvalue weighted by molar-refractivity contribution is 14.1. The van der Waals surface area contributed by atoms with Crippen molar-refractivity contribution in [1.29, 1.82) is 5.26 Å². The lowest BCUT2D eigenvalue weighted by Gasteiger charge is -2.33. The highest BCUT2D eigenvalue weighted by Gasteiger charge is 2.24. The molecule has 0 aromatic carbocycles. The number of carbonyl (C=O) groups is 1. The molecule has 0 aliphatic carbocycles. The number of aromatic amines is 1. The van der Waals surface area contributed by atoms with Crippen LogP contribution in [0.3, 0.4) is 0 Å². The van der Waals surface area contributed by atoms with Crippen molar-refractivity contribution in [2.45, 2.75) is 25.3 Å². The zero-order valence-corrected chi connectivity index (χ0v) is 14.1. The molecule has 1 fully saturated rings. The molecule has 0 radical (unpaired) electrons. The monoisotopic (exact) mass is 409 g/mol. The summed E-state index contributed by atoms with van der Waals surface area (Å²) in [5.41, 5.74) is 1.92. The first-order valence-corrected chi connectivity index (χ1v) is 8.29. The number of carbonyl (C=O) groups excluding carboxylic acids is 1. The number of fused-ring (bicyclic) bond motifs is 1. The van der Waals surface area contributed by atoms with Gasteiger partial charge in [-0.1, -0.05) is 0 Å². The lowest BCUT2D eigenvalue weighted by molar-refractivity contribution is -0.131. The smallest absolute Gasteiger partial charge is 0.236 e. The zero-order valence-electron chi connectivity index (χ0n) is 12.0. The molecule has 0 spiro atoms. The molecule has 2 aromatic heterocycles. The van der Waals surface area contributed by atoms with E-state index in [1.807, 2.05) is 24.5 Å². The minimum atomic E-state index is -0.0785. The van der Waals surface area contributed by atoms with Gasteiger partial charge in [0.2, 0.25) is 5.91 Å². The van der Waals surface area contributed by atoms with E-state index in [0.717, 1.165) is 39.7 Å². The van der Waals surface area contributed by atoms with E-state index in [0.29, 0.717) is 6.54 Å². The maximum Gasteiger partial charge on any atom is 0.236 e. The van der Waals surface area contributed by atoms with Crippen LogP contribution in [0.15, 0.2) is 18.5 Å². The fourth-order valence-electron chi connectivity index (χ4n) is 2.84. The van der Waals surface area contributed by atoms with Crippen LogP contribution in [0.5, 0.6) is 0 Å². The summed E-state index contributed by atoms with van der Waals surface area (Å²) in [5, 5.41) is 13.3. The Morgan fingerprint density at radius 2 is 2.50 bits per heavy atom. The average molecular weight is 409 g/mol. The molecule has 7 heteroatoms. The number of aromatic nitrogens is 2. The van der Waals surface area contributed by atoms with Crippen molar-refractivity contribution in [1.82, 2.24) is 14.9 Å². The SMILES string of the molecule is N#CCC(=O)N1CCC[C@@H](Nc2c(I)cnc3[nH]ccc23)C1. The summed E-state index contributed by atoms with van der Waals surface area (Å²) < 4.78 is 1.06. The number of nitrogens with zero attached hydrogens (tertiary/aromatic N) is 3. The van der Waals surface area contributed by atoms with Crippen LogP contribution in [-0.4, -0.2) is 39.9 Å². The minimum absolute atomic E-state index is 0.0401. The summed E-state index contributed by atoms with van der Waals surface area (Å²) in [7, 11) is 0. The van der Waals surface area contributed by atoms with Crippen molar-refractivity contribution in [2.24, 2.45) is 0 Å². The van der Waals surface area contributed by atoms with Crippen molar-refractivity contribution in [2.75, 3.05) is 18.4 Å². The van der Waals surface area contributed by atoms with Crippen LogP contribution >= 0.6 is 22.6 Å². The first-order chi connectivity index (χ1) is 10.7. The Kier molecular flexibility index (Phi) is 4.47. The third kappa shape index (κ3) is 3.02. The van der Waals surface area contributed by atoms with E-state index in [-0.39, 0.29) is 18.4 Å². The van der Waals surface area contributed by atoms with Crippen molar-refractivity contribution < 1.29 is 4.79 Å². The van der Waals surface area contributed by atoms with Crippen LogP contribution in [-0.2, 0) is 4.79 Å². The van der Waals surface area contributed by atoms with Gasteiger partial charge < -0.3 is 15.2 Å². The highest BCUT2D eigenvalue weighted by Crippen LogP contribution is 2.28. The third-order valence-electron chi connectivity index (χ3n) is 3.89. The topological polar surface area (TPSA) is 84.8 Å². The third-order valence-corrected chi connectivity index (χ3v) is 4.71. The van der Waals surface area contributed by atoms with Gasteiger partial charge in [0, 0.05) is 36.9 Å². The van der Waals surface area contributed by atoms with E-state index in [2.05, 4.69) is 37.9 Å². The number of anilines is 1. The molecule has 2 N–H and O–H groups in total. The molecule has 1 aliphatic heterocycles. The van der Waals surface area contributed by atoms with Gasteiger partial charge in [-0.05, 0) is 41.5 Å². The number of hydrogen-bond acceptors (Lipinski definition) is 4. The summed E-state index contributed by atoms with van der Waals surface area (Å²) in [6.45, 7) is 1.39. The van der Waals surface area contributed by atoms with Gasteiger partial charge in [-0.3, -0.25) is 4.79 Å². The number of piperidine rings is 1. The molecule has 1 saturated heterocycles. The first-order valence-electron chi connectivity index (χ1n) is 7.22. The number of H-pyrrole nitrogens is 1. The predicted molar refractivity (Wildman–Crippen MR) is 92.3 cm³/mol. The molecule has 1 atom stereocenters. The second-order valence-corrected chi connectivity index (χ2v) is 6.54. The Hall–Kier alpha value is -1.82. The lowest BCUT2D eigenvalue weighted by atomic mass is 10.0. The molecule has 2 aromatic rings. The normalized spacial score (nSPS) is 18.2. The summed E-state index contributed by atoms with van der Waals surface area (Å²) in [6, 6.07) is 4.14. The van der Waals surface area contributed by atoms with Gasteiger partial charge in [0.15, 0.2) is 0 Å². The molecule has 114 valence electrons. The van der Waals surface area contributed by atoms with Crippen molar-refractivity contribution in [3.63, 3.8) is 0 Å². The Morgan fingerprint density at radius 1 is 1.64 bits per heavy atom. The van der Waals surface area contributed by atoms with Crippen LogP contribution in [0.4, 0.5) is 5.69 Å². The molecule has 3 rings (SSSR count). The molecule has 1 amide bonds. The van der Waals surface area contributed by atoms with E-state index in [1.165, 1.54) is 0 Å². The molecule has 1 aliphatic rings. The fourth-order valence-corrected chi connectivity index (χ4v) is 3.42. The molecule has 6 nitrogen and oxygen atoms in total. The van der Waals surface area contributed by atoms with Crippen LogP contribution in [0.25, 0.3) is 11.0 Å². The van der Waals surface area contributed by atoms with Crippen molar-refractivity contribution in [3.05, 3.63) is 22.0 Å². The van der Waals surface area contributed by atoms with Gasteiger partial charge in [0.25, 0.3) is 0 Å². The van der Waals surface area contributed by atoms with Gasteiger partial charge in [-0.2, -0.15) is 5.26 Å². The Morgan fingerprint density at radius 3 is 3.32 bits per heavy atom. The Bertz CT molecular complexity index is 735. The fraction of sp³-hybridized carbons (Fsp3) is 0.400. The van der Waals surface area contributed by atoms with Crippen LogP contribution in [0.1, 0.15) is 19.3 Å². The number of nitriles is 1. The summed E-state index contributed by atoms with van der Waals surface area (Å²) in [6.07, 6.45) is 5.64.